The Morgan fingerprint density at radius 2 is 1.87 bits per heavy atom. The van der Waals surface area contributed by atoms with E-state index < -0.39 is 5.56 Å². The second-order valence-corrected chi connectivity index (χ2v) is 6.54. The van der Waals surface area contributed by atoms with E-state index >= 15 is 0 Å². The maximum atomic E-state index is 12.7. The summed E-state index contributed by atoms with van der Waals surface area (Å²) < 4.78 is 8.13. The van der Waals surface area contributed by atoms with Gasteiger partial charge in [-0.3, -0.25) is 14.2 Å². The summed E-state index contributed by atoms with van der Waals surface area (Å²) in [5, 5.41) is 10.8. The monoisotopic (exact) mass is 404 g/mol. The van der Waals surface area contributed by atoms with Gasteiger partial charge in [-0.05, 0) is 36.8 Å². The first-order chi connectivity index (χ1) is 14.7. The predicted octanol–water partition coefficient (Wildman–Crippen LogP) is 1.69. The summed E-state index contributed by atoms with van der Waals surface area (Å²) >= 11 is 0. The number of carbonyl (C=O) groups is 1. The van der Waals surface area contributed by atoms with Crippen molar-refractivity contribution in [1.82, 2.24) is 29.9 Å². The highest BCUT2D eigenvalue weighted by Crippen LogP contribution is 2.16. The van der Waals surface area contributed by atoms with Gasteiger partial charge in [0.1, 0.15) is 18.6 Å². The molecule has 0 bridgehead atoms. The molecule has 0 atom stereocenters. The smallest absolute Gasteiger partial charge is 0.284 e. The van der Waals surface area contributed by atoms with Gasteiger partial charge in [0.15, 0.2) is 11.2 Å². The summed E-state index contributed by atoms with van der Waals surface area (Å²) in [6, 6.07) is 16.8. The molecule has 0 radical (unpaired) electrons. The number of carbonyl (C=O) groups excluding carboxylic acids is 1. The third-order valence-electron chi connectivity index (χ3n) is 4.47. The summed E-state index contributed by atoms with van der Waals surface area (Å²) in [5.74, 6) is 0.448. The van der Waals surface area contributed by atoms with Crippen molar-refractivity contribution in [3.05, 3.63) is 76.8 Å². The zero-order valence-corrected chi connectivity index (χ0v) is 16.4. The van der Waals surface area contributed by atoms with Crippen molar-refractivity contribution < 1.29 is 9.53 Å². The topological polar surface area (TPSA) is 104 Å². The highest BCUT2D eigenvalue weighted by Gasteiger charge is 2.15. The van der Waals surface area contributed by atoms with Gasteiger partial charge in [0, 0.05) is 6.54 Å². The van der Waals surface area contributed by atoms with Gasteiger partial charge in [-0.25, -0.2) is 4.98 Å². The van der Waals surface area contributed by atoms with Crippen LogP contribution in [0.3, 0.4) is 0 Å². The Hall–Kier alpha value is -4.01. The number of rotatable bonds is 7. The fraction of sp³-hybridized carbons (Fsp3) is 0.190. The molecule has 0 unspecified atom stereocenters. The van der Waals surface area contributed by atoms with Crippen LogP contribution in [-0.4, -0.2) is 37.1 Å². The van der Waals surface area contributed by atoms with Crippen LogP contribution in [0.25, 0.3) is 16.9 Å². The Kier molecular flexibility index (Phi) is 5.51. The van der Waals surface area contributed by atoms with Gasteiger partial charge in [-0.2, -0.15) is 4.68 Å². The lowest BCUT2D eigenvalue weighted by Crippen LogP contribution is -2.32. The van der Waals surface area contributed by atoms with Crippen LogP contribution in [0.1, 0.15) is 12.5 Å². The molecule has 152 valence electrons. The van der Waals surface area contributed by atoms with Crippen molar-refractivity contribution in [2.45, 2.75) is 20.0 Å². The van der Waals surface area contributed by atoms with E-state index in [0.29, 0.717) is 24.5 Å². The molecule has 30 heavy (non-hydrogen) atoms. The molecule has 4 rings (SSSR count). The van der Waals surface area contributed by atoms with Gasteiger partial charge < -0.3 is 10.1 Å². The zero-order chi connectivity index (χ0) is 20.9. The van der Waals surface area contributed by atoms with E-state index in [1.807, 2.05) is 61.5 Å². The number of fused-ring (bicyclic) bond motifs is 1. The van der Waals surface area contributed by atoms with Gasteiger partial charge in [0.05, 0.1) is 12.3 Å². The molecule has 0 aliphatic heterocycles. The molecule has 2 aromatic heterocycles. The van der Waals surface area contributed by atoms with E-state index in [0.717, 1.165) is 11.3 Å². The second-order valence-electron chi connectivity index (χ2n) is 6.54. The van der Waals surface area contributed by atoms with Crippen LogP contribution in [0.2, 0.25) is 0 Å². The highest BCUT2D eigenvalue weighted by atomic mass is 16.5. The molecular weight excluding hydrogens is 384 g/mol. The predicted molar refractivity (Wildman–Crippen MR) is 110 cm³/mol. The number of ether oxygens (including phenoxy) is 1. The summed E-state index contributed by atoms with van der Waals surface area (Å²) in [6.45, 7) is 2.73. The number of aromatic nitrogens is 5. The largest absolute Gasteiger partial charge is 0.494 e. The lowest BCUT2D eigenvalue weighted by molar-refractivity contribution is -0.121. The van der Waals surface area contributed by atoms with Crippen molar-refractivity contribution in [2.75, 3.05) is 6.61 Å². The molecular formula is C21H20N6O3. The molecule has 0 fully saturated rings. The Morgan fingerprint density at radius 1 is 1.10 bits per heavy atom. The first kappa shape index (κ1) is 19.3. The van der Waals surface area contributed by atoms with Crippen molar-refractivity contribution in [3.8, 4) is 11.4 Å². The Balaban J connectivity index is 1.52. The number of amides is 1. The normalized spacial score (nSPS) is 10.8. The first-order valence-electron chi connectivity index (χ1n) is 9.50. The van der Waals surface area contributed by atoms with Crippen molar-refractivity contribution in [2.24, 2.45) is 0 Å². The van der Waals surface area contributed by atoms with E-state index in [9.17, 15) is 9.59 Å². The SMILES string of the molecule is CCOc1ccc(-n2nnc3c(=O)n(CC(=O)NCc4ccccc4)cnc32)cc1. The molecule has 2 heterocycles. The molecule has 0 aliphatic carbocycles. The molecule has 9 heteroatoms. The molecule has 2 aromatic carbocycles. The number of hydrogen-bond donors (Lipinski definition) is 1. The van der Waals surface area contributed by atoms with Crippen molar-refractivity contribution in [1.29, 1.82) is 0 Å². The minimum absolute atomic E-state index is 0.0993. The molecule has 1 amide bonds. The standard InChI is InChI=1S/C21H20N6O3/c1-2-30-17-10-8-16(9-11-17)27-20-19(24-25-27)21(29)26(14-23-20)13-18(28)22-12-15-6-4-3-5-7-15/h3-11,14H,2,12-13H2,1H3,(H,22,28). The summed E-state index contributed by atoms with van der Waals surface area (Å²) in [4.78, 5) is 29.3. The van der Waals surface area contributed by atoms with Gasteiger partial charge in [-0.1, -0.05) is 35.5 Å². The Labute approximate surface area is 171 Å². The second kappa shape index (κ2) is 8.56. The van der Waals surface area contributed by atoms with Gasteiger partial charge >= 0.3 is 0 Å². The minimum atomic E-state index is -0.424. The van der Waals surface area contributed by atoms with E-state index in [1.165, 1.54) is 15.6 Å². The summed E-state index contributed by atoms with van der Waals surface area (Å²) in [6.07, 6.45) is 1.33. The van der Waals surface area contributed by atoms with Crippen molar-refractivity contribution in [3.63, 3.8) is 0 Å². The maximum Gasteiger partial charge on any atom is 0.284 e. The number of hydrogen-bond acceptors (Lipinski definition) is 6. The van der Waals surface area contributed by atoms with Crippen LogP contribution in [0.15, 0.2) is 65.7 Å². The molecule has 0 saturated carbocycles. The Bertz CT molecular complexity index is 1220. The molecule has 9 nitrogen and oxygen atoms in total. The third-order valence-corrected chi connectivity index (χ3v) is 4.47. The minimum Gasteiger partial charge on any atom is -0.494 e. The average molecular weight is 404 g/mol. The van der Waals surface area contributed by atoms with Crippen LogP contribution >= 0.6 is 0 Å². The van der Waals surface area contributed by atoms with Crippen LogP contribution in [0.5, 0.6) is 5.75 Å². The highest BCUT2D eigenvalue weighted by molar-refractivity contribution is 5.76. The molecule has 4 aromatic rings. The number of benzene rings is 2. The van der Waals surface area contributed by atoms with E-state index in [1.54, 1.807) is 0 Å². The molecule has 0 aliphatic rings. The third kappa shape index (κ3) is 4.04. The van der Waals surface area contributed by atoms with Gasteiger partial charge in [0.25, 0.3) is 5.56 Å². The molecule has 1 N–H and O–H groups in total. The average Bonchev–Trinajstić information content (AvgIpc) is 3.21. The fourth-order valence-electron chi connectivity index (χ4n) is 2.99. The molecule has 0 spiro atoms. The maximum absolute atomic E-state index is 12.7. The van der Waals surface area contributed by atoms with Crippen molar-refractivity contribution >= 4 is 17.1 Å². The fourth-order valence-corrected chi connectivity index (χ4v) is 2.99. The quantitative estimate of drug-likeness (QED) is 0.503. The van der Waals surface area contributed by atoms with Gasteiger partial charge in [0.2, 0.25) is 5.91 Å². The zero-order valence-electron chi connectivity index (χ0n) is 16.4. The van der Waals surface area contributed by atoms with E-state index in [-0.39, 0.29) is 18.0 Å². The van der Waals surface area contributed by atoms with E-state index in [4.69, 9.17) is 4.74 Å². The number of nitrogens with one attached hydrogen (secondary N) is 1. The first-order valence-corrected chi connectivity index (χ1v) is 9.50. The Morgan fingerprint density at radius 3 is 2.60 bits per heavy atom. The lowest BCUT2D eigenvalue weighted by atomic mass is 10.2. The van der Waals surface area contributed by atoms with Crippen LogP contribution < -0.4 is 15.6 Å². The lowest BCUT2D eigenvalue weighted by Gasteiger charge is -2.07. The summed E-state index contributed by atoms with van der Waals surface area (Å²) in [5.41, 5.74) is 1.68. The summed E-state index contributed by atoms with van der Waals surface area (Å²) in [7, 11) is 0. The molecule has 0 saturated heterocycles. The van der Waals surface area contributed by atoms with Crippen LogP contribution in [0.4, 0.5) is 0 Å². The van der Waals surface area contributed by atoms with Crippen LogP contribution in [0, 0.1) is 0 Å². The number of nitrogens with zero attached hydrogens (tertiary/aromatic N) is 5. The van der Waals surface area contributed by atoms with E-state index in [2.05, 4.69) is 20.6 Å². The van der Waals surface area contributed by atoms with Crippen LogP contribution in [-0.2, 0) is 17.9 Å². The van der Waals surface area contributed by atoms with Gasteiger partial charge in [-0.15, -0.1) is 5.10 Å².